The van der Waals surface area contributed by atoms with Gasteiger partial charge in [0.1, 0.15) is 11.5 Å². The minimum absolute atomic E-state index is 0.179. The Balaban J connectivity index is 2.14. The van der Waals surface area contributed by atoms with E-state index in [0.717, 1.165) is 0 Å². The topological polar surface area (TPSA) is 51.5 Å². The number of hydrogen-bond donors (Lipinski definition) is 1. The molecule has 4 nitrogen and oxygen atoms in total. The maximum atomic E-state index is 13.7. The van der Waals surface area contributed by atoms with Crippen molar-refractivity contribution in [3.05, 3.63) is 52.7 Å². The summed E-state index contributed by atoms with van der Waals surface area (Å²) in [6.07, 6.45) is 0. The number of rotatable bonds is 4. The minimum atomic E-state index is -0.452. The molecule has 1 aromatic carbocycles. The summed E-state index contributed by atoms with van der Waals surface area (Å²) < 4.78 is 23.9. The molecule has 0 aliphatic heterocycles. The van der Waals surface area contributed by atoms with Gasteiger partial charge in [-0.3, -0.25) is 4.79 Å². The van der Waals surface area contributed by atoms with E-state index < -0.39 is 5.82 Å². The molecule has 1 N–H and O–H groups in total. The number of ether oxygens (including phenoxy) is 1. The van der Waals surface area contributed by atoms with Gasteiger partial charge in [0.05, 0.1) is 18.7 Å². The van der Waals surface area contributed by atoms with Crippen LogP contribution in [0.4, 0.5) is 4.39 Å². The van der Waals surface area contributed by atoms with Gasteiger partial charge in [-0.15, -0.1) is 0 Å². The summed E-state index contributed by atoms with van der Waals surface area (Å²) in [5, 5.41) is 2.82. The van der Waals surface area contributed by atoms with Gasteiger partial charge in [0.2, 0.25) is 0 Å². The molecule has 0 bridgehead atoms. The van der Waals surface area contributed by atoms with Gasteiger partial charge in [0.15, 0.2) is 11.6 Å². The number of methoxy groups -OCH3 is 1. The van der Waals surface area contributed by atoms with Gasteiger partial charge in [0.25, 0.3) is 5.91 Å². The zero-order valence-corrected chi connectivity index (χ0v) is 12.5. The quantitative estimate of drug-likeness (QED) is 0.937. The lowest BCUT2D eigenvalue weighted by Gasteiger charge is -2.15. The van der Waals surface area contributed by atoms with Crippen LogP contribution in [0.15, 0.2) is 28.7 Å². The van der Waals surface area contributed by atoms with E-state index in [4.69, 9.17) is 9.15 Å². The molecule has 1 heterocycles. The minimum Gasteiger partial charge on any atom is -0.494 e. The molecule has 1 atom stereocenters. The molecule has 5 heteroatoms. The molecule has 0 unspecified atom stereocenters. The second kappa shape index (κ2) is 5.99. The van der Waals surface area contributed by atoms with E-state index >= 15 is 0 Å². The third kappa shape index (κ3) is 3.24. The number of carbonyl (C=O) groups excluding carboxylic acids is 1. The van der Waals surface area contributed by atoms with E-state index in [1.807, 2.05) is 0 Å². The van der Waals surface area contributed by atoms with Crippen LogP contribution >= 0.6 is 0 Å². The van der Waals surface area contributed by atoms with Gasteiger partial charge in [-0.2, -0.15) is 0 Å². The Morgan fingerprint density at radius 1 is 1.33 bits per heavy atom. The molecule has 0 radical (unpaired) electrons. The van der Waals surface area contributed by atoms with Crippen LogP contribution in [0.5, 0.6) is 5.75 Å². The van der Waals surface area contributed by atoms with Crippen LogP contribution < -0.4 is 10.1 Å². The van der Waals surface area contributed by atoms with Crippen molar-refractivity contribution in [2.45, 2.75) is 26.8 Å². The summed E-state index contributed by atoms with van der Waals surface area (Å²) in [5.74, 6) is 0.733. The third-order valence-electron chi connectivity index (χ3n) is 3.31. The number of carbonyl (C=O) groups is 1. The molecule has 1 aromatic heterocycles. The summed E-state index contributed by atoms with van der Waals surface area (Å²) in [6, 6.07) is 5.98. The lowest BCUT2D eigenvalue weighted by molar-refractivity contribution is 0.0938. The molecule has 2 aromatic rings. The van der Waals surface area contributed by atoms with Crippen LogP contribution in [0.2, 0.25) is 0 Å². The van der Waals surface area contributed by atoms with Crippen molar-refractivity contribution >= 4 is 5.91 Å². The first-order valence-electron chi connectivity index (χ1n) is 6.63. The normalized spacial score (nSPS) is 12.0. The molecule has 0 saturated carbocycles. The standard InChI is InChI=1S/C16H18FNO3/c1-9-7-13(11(3)21-9)16(19)18-10(2)12-5-6-15(20-4)14(17)8-12/h5-8,10H,1-4H3,(H,18,19)/t10-/m1/s1. The van der Waals surface area contributed by atoms with E-state index in [-0.39, 0.29) is 17.7 Å². The fraction of sp³-hybridized carbons (Fsp3) is 0.312. The zero-order valence-electron chi connectivity index (χ0n) is 12.5. The summed E-state index contributed by atoms with van der Waals surface area (Å²) >= 11 is 0. The molecule has 21 heavy (non-hydrogen) atoms. The maximum absolute atomic E-state index is 13.7. The highest BCUT2D eigenvalue weighted by Crippen LogP contribution is 2.22. The van der Waals surface area contributed by atoms with Crippen LogP contribution in [-0.4, -0.2) is 13.0 Å². The van der Waals surface area contributed by atoms with E-state index in [1.54, 1.807) is 39.0 Å². The van der Waals surface area contributed by atoms with Crippen LogP contribution in [0.3, 0.4) is 0 Å². The van der Waals surface area contributed by atoms with Gasteiger partial charge in [0, 0.05) is 0 Å². The molecule has 1 amide bonds. The number of halogens is 1. The van der Waals surface area contributed by atoms with Crippen molar-refractivity contribution < 1.29 is 18.3 Å². The zero-order chi connectivity index (χ0) is 15.6. The monoisotopic (exact) mass is 291 g/mol. The third-order valence-corrected chi connectivity index (χ3v) is 3.31. The molecule has 0 aliphatic carbocycles. The Bertz CT molecular complexity index is 664. The van der Waals surface area contributed by atoms with Crippen molar-refractivity contribution in [1.82, 2.24) is 5.32 Å². The van der Waals surface area contributed by atoms with Crippen molar-refractivity contribution in [1.29, 1.82) is 0 Å². The first-order valence-corrected chi connectivity index (χ1v) is 6.63. The maximum Gasteiger partial charge on any atom is 0.255 e. The second-order valence-electron chi connectivity index (χ2n) is 4.92. The SMILES string of the molecule is COc1ccc([C@@H](C)NC(=O)c2cc(C)oc2C)cc1F. The summed E-state index contributed by atoms with van der Waals surface area (Å²) in [7, 11) is 1.41. The van der Waals surface area contributed by atoms with Crippen LogP contribution in [-0.2, 0) is 0 Å². The number of benzene rings is 1. The Morgan fingerprint density at radius 2 is 2.05 bits per heavy atom. The lowest BCUT2D eigenvalue weighted by Crippen LogP contribution is -2.26. The molecule has 0 fully saturated rings. The summed E-state index contributed by atoms with van der Waals surface area (Å²) in [6.45, 7) is 5.31. The molecule has 0 spiro atoms. The Labute approximate surface area is 122 Å². The van der Waals surface area contributed by atoms with E-state index in [9.17, 15) is 9.18 Å². The average molecular weight is 291 g/mol. The highest BCUT2D eigenvalue weighted by molar-refractivity contribution is 5.95. The summed E-state index contributed by atoms with van der Waals surface area (Å²) in [5.41, 5.74) is 1.16. The lowest BCUT2D eigenvalue weighted by atomic mass is 10.1. The molecular weight excluding hydrogens is 273 g/mol. The van der Waals surface area contributed by atoms with Gasteiger partial charge >= 0.3 is 0 Å². The predicted octanol–water partition coefficient (Wildman–Crippen LogP) is 3.54. The molecular formula is C16H18FNO3. The van der Waals surface area contributed by atoms with Crippen molar-refractivity contribution in [2.75, 3.05) is 7.11 Å². The highest BCUT2D eigenvalue weighted by Gasteiger charge is 2.17. The van der Waals surface area contributed by atoms with E-state index in [0.29, 0.717) is 22.6 Å². The average Bonchev–Trinajstić information content (AvgIpc) is 2.77. The molecule has 112 valence electrons. The van der Waals surface area contributed by atoms with E-state index in [1.165, 1.54) is 13.2 Å². The van der Waals surface area contributed by atoms with Crippen molar-refractivity contribution in [2.24, 2.45) is 0 Å². The van der Waals surface area contributed by atoms with Gasteiger partial charge in [-0.25, -0.2) is 4.39 Å². The first-order chi connectivity index (χ1) is 9.92. The van der Waals surface area contributed by atoms with Gasteiger partial charge in [-0.05, 0) is 44.5 Å². The number of amides is 1. The smallest absolute Gasteiger partial charge is 0.255 e. The van der Waals surface area contributed by atoms with Crippen molar-refractivity contribution in [3.8, 4) is 5.75 Å². The Morgan fingerprint density at radius 3 is 2.57 bits per heavy atom. The number of hydrogen-bond acceptors (Lipinski definition) is 3. The second-order valence-corrected chi connectivity index (χ2v) is 4.92. The Kier molecular flexibility index (Phi) is 4.31. The van der Waals surface area contributed by atoms with Gasteiger partial charge < -0.3 is 14.5 Å². The largest absolute Gasteiger partial charge is 0.494 e. The van der Waals surface area contributed by atoms with Gasteiger partial charge in [-0.1, -0.05) is 6.07 Å². The summed E-state index contributed by atoms with van der Waals surface area (Å²) in [4.78, 5) is 12.2. The van der Waals surface area contributed by atoms with Crippen LogP contribution in [0.25, 0.3) is 0 Å². The van der Waals surface area contributed by atoms with Crippen molar-refractivity contribution in [3.63, 3.8) is 0 Å². The van der Waals surface area contributed by atoms with Crippen LogP contribution in [0.1, 0.15) is 40.4 Å². The molecule has 0 aliphatic rings. The number of furan rings is 1. The van der Waals surface area contributed by atoms with E-state index in [2.05, 4.69) is 5.32 Å². The highest BCUT2D eigenvalue weighted by atomic mass is 19.1. The number of nitrogens with one attached hydrogen (secondary N) is 1. The number of aryl methyl sites for hydroxylation is 2. The Hall–Kier alpha value is -2.30. The fourth-order valence-electron chi connectivity index (χ4n) is 2.17. The van der Waals surface area contributed by atoms with Crippen LogP contribution in [0, 0.1) is 19.7 Å². The first kappa shape index (κ1) is 15.1. The predicted molar refractivity (Wildman–Crippen MR) is 77.0 cm³/mol. The molecule has 2 rings (SSSR count). The fourth-order valence-corrected chi connectivity index (χ4v) is 2.17. The molecule has 0 saturated heterocycles.